The molecule has 0 aliphatic heterocycles. The van der Waals surface area contributed by atoms with Crippen LogP contribution in [0.15, 0.2) is 30.3 Å². The van der Waals surface area contributed by atoms with Crippen LogP contribution in [0.4, 0.5) is 0 Å². The highest BCUT2D eigenvalue weighted by molar-refractivity contribution is 5.30. The summed E-state index contributed by atoms with van der Waals surface area (Å²) in [5.41, 5.74) is 0.798. The number of hydrogen-bond donors (Lipinski definition) is 1. The van der Waals surface area contributed by atoms with Gasteiger partial charge in [0.05, 0.1) is 6.07 Å². The Labute approximate surface area is 90.2 Å². The van der Waals surface area contributed by atoms with Crippen LogP contribution in [0, 0.1) is 11.3 Å². The average Bonchev–Trinajstić information content (AvgIpc) is 2.79. The first-order valence-electron chi connectivity index (χ1n) is 5.43. The van der Waals surface area contributed by atoms with Crippen molar-refractivity contribution in [2.24, 2.45) is 0 Å². The lowest BCUT2D eigenvalue weighted by Crippen LogP contribution is -2.35. The van der Waals surface area contributed by atoms with Gasteiger partial charge in [0.25, 0.3) is 0 Å². The molecule has 2 nitrogen and oxygen atoms in total. The number of hydrogen-bond acceptors (Lipinski definition) is 2. The molecule has 1 aliphatic rings. The summed E-state index contributed by atoms with van der Waals surface area (Å²) in [4.78, 5) is 0. The smallest absolute Gasteiger partial charge is 0.150 e. The van der Waals surface area contributed by atoms with Gasteiger partial charge in [-0.25, -0.2) is 0 Å². The first-order valence-corrected chi connectivity index (χ1v) is 5.43. The minimum atomic E-state index is -0.873. The van der Waals surface area contributed by atoms with Gasteiger partial charge < -0.3 is 5.11 Å². The van der Waals surface area contributed by atoms with E-state index in [1.165, 1.54) is 0 Å². The average molecular weight is 201 g/mol. The van der Waals surface area contributed by atoms with E-state index in [1.54, 1.807) is 0 Å². The second-order valence-electron chi connectivity index (χ2n) is 4.26. The molecule has 2 heteroatoms. The maximum Gasteiger partial charge on any atom is 0.150 e. The van der Waals surface area contributed by atoms with E-state index in [-0.39, 0.29) is 5.41 Å². The Morgan fingerprint density at radius 2 is 1.80 bits per heavy atom. The maximum absolute atomic E-state index is 9.90. The van der Waals surface area contributed by atoms with E-state index < -0.39 is 6.10 Å². The molecule has 2 rings (SSSR count). The van der Waals surface area contributed by atoms with Crippen LogP contribution in [-0.4, -0.2) is 11.2 Å². The fraction of sp³-hybridized carbons (Fsp3) is 0.462. The van der Waals surface area contributed by atoms with Gasteiger partial charge in [-0.15, -0.1) is 0 Å². The topological polar surface area (TPSA) is 44.0 Å². The summed E-state index contributed by atoms with van der Waals surface area (Å²) in [6, 6.07) is 11.9. The Morgan fingerprint density at radius 3 is 2.33 bits per heavy atom. The Balaban J connectivity index is 2.40. The third-order valence-corrected chi connectivity index (χ3v) is 3.49. The van der Waals surface area contributed by atoms with Gasteiger partial charge >= 0.3 is 0 Å². The maximum atomic E-state index is 9.90. The highest BCUT2D eigenvalue weighted by atomic mass is 16.3. The lowest BCUT2D eigenvalue weighted by atomic mass is 9.74. The minimum Gasteiger partial charge on any atom is -0.377 e. The van der Waals surface area contributed by atoms with E-state index >= 15 is 0 Å². The van der Waals surface area contributed by atoms with E-state index in [0.29, 0.717) is 0 Å². The largest absolute Gasteiger partial charge is 0.377 e. The summed E-state index contributed by atoms with van der Waals surface area (Å²) in [7, 11) is 0. The van der Waals surface area contributed by atoms with Crippen LogP contribution < -0.4 is 0 Å². The van der Waals surface area contributed by atoms with Crippen molar-refractivity contribution in [3.63, 3.8) is 0 Å². The van der Waals surface area contributed by atoms with Crippen molar-refractivity contribution in [1.82, 2.24) is 0 Å². The van der Waals surface area contributed by atoms with E-state index in [2.05, 4.69) is 0 Å². The number of benzene rings is 1. The monoisotopic (exact) mass is 201 g/mol. The minimum absolute atomic E-state index is 0.310. The molecule has 1 aromatic rings. The van der Waals surface area contributed by atoms with Crippen molar-refractivity contribution >= 4 is 0 Å². The molecule has 0 saturated heterocycles. The molecule has 1 aliphatic carbocycles. The van der Waals surface area contributed by atoms with E-state index in [4.69, 9.17) is 5.26 Å². The molecule has 1 aromatic carbocycles. The number of aliphatic hydroxyl groups is 1. The molecule has 0 heterocycles. The zero-order valence-corrected chi connectivity index (χ0v) is 8.69. The van der Waals surface area contributed by atoms with Gasteiger partial charge in [0.2, 0.25) is 0 Å². The van der Waals surface area contributed by atoms with Gasteiger partial charge in [-0.05, 0) is 18.4 Å². The van der Waals surface area contributed by atoms with Gasteiger partial charge in [-0.2, -0.15) is 5.26 Å². The summed E-state index contributed by atoms with van der Waals surface area (Å²) in [5.74, 6) is 0. The molecule has 0 bridgehead atoms. The van der Waals surface area contributed by atoms with Gasteiger partial charge in [-0.1, -0.05) is 43.2 Å². The number of rotatable bonds is 2. The molecule has 1 saturated carbocycles. The predicted molar refractivity (Wildman–Crippen MR) is 58.2 cm³/mol. The molecular weight excluding hydrogens is 186 g/mol. The fourth-order valence-electron chi connectivity index (χ4n) is 2.62. The zero-order valence-electron chi connectivity index (χ0n) is 8.69. The summed E-state index contributed by atoms with van der Waals surface area (Å²) in [6.07, 6.45) is 3.18. The molecular formula is C13H15NO. The van der Waals surface area contributed by atoms with Gasteiger partial charge in [-0.3, -0.25) is 0 Å². The van der Waals surface area contributed by atoms with Crippen LogP contribution in [0.2, 0.25) is 0 Å². The lowest BCUT2D eigenvalue weighted by Gasteiger charge is -2.30. The van der Waals surface area contributed by atoms with Crippen molar-refractivity contribution in [3.05, 3.63) is 35.9 Å². The molecule has 1 fully saturated rings. The van der Waals surface area contributed by atoms with Gasteiger partial charge in [0, 0.05) is 5.41 Å². The quantitative estimate of drug-likeness (QED) is 0.746. The van der Waals surface area contributed by atoms with E-state index in [0.717, 1.165) is 31.2 Å². The summed E-state index contributed by atoms with van der Waals surface area (Å²) in [5, 5.41) is 18.8. The van der Waals surface area contributed by atoms with Gasteiger partial charge in [0.15, 0.2) is 0 Å². The fourth-order valence-corrected chi connectivity index (χ4v) is 2.62. The number of aliphatic hydroxyl groups excluding tert-OH is 1. The summed E-state index contributed by atoms with van der Waals surface area (Å²) in [6.45, 7) is 0. The van der Waals surface area contributed by atoms with Gasteiger partial charge in [0.1, 0.15) is 6.10 Å². The van der Waals surface area contributed by atoms with Crippen LogP contribution in [0.5, 0.6) is 0 Å². The molecule has 0 amide bonds. The van der Waals surface area contributed by atoms with Crippen LogP contribution in [0.3, 0.4) is 0 Å². The lowest BCUT2D eigenvalue weighted by molar-refractivity contribution is 0.131. The molecule has 1 N–H and O–H groups in total. The second kappa shape index (κ2) is 4.04. The van der Waals surface area contributed by atoms with E-state index in [1.807, 2.05) is 36.4 Å². The molecule has 78 valence electrons. The molecule has 0 aromatic heterocycles. The van der Waals surface area contributed by atoms with Crippen molar-refractivity contribution in [3.8, 4) is 6.07 Å². The highest BCUT2D eigenvalue weighted by Crippen LogP contribution is 2.43. The third kappa shape index (κ3) is 1.64. The van der Waals surface area contributed by atoms with Crippen molar-refractivity contribution < 1.29 is 5.11 Å². The first kappa shape index (κ1) is 10.2. The summed E-state index contributed by atoms with van der Waals surface area (Å²) >= 11 is 0. The summed E-state index contributed by atoms with van der Waals surface area (Å²) < 4.78 is 0. The second-order valence-corrected chi connectivity index (χ2v) is 4.26. The SMILES string of the molecule is N#CC(O)C1(c2ccccc2)CCCC1. The molecule has 1 atom stereocenters. The Morgan fingerprint density at radius 1 is 1.20 bits per heavy atom. The molecule has 0 radical (unpaired) electrons. The highest BCUT2D eigenvalue weighted by Gasteiger charge is 2.42. The van der Waals surface area contributed by atoms with Crippen LogP contribution in [0.1, 0.15) is 31.2 Å². The predicted octanol–water partition coefficient (Wildman–Crippen LogP) is 2.38. The van der Waals surface area contributed by atoms with E-state index in [9.17, 15) is 5.11 Å². The standard InChI is InChI=1S/C13H15NO/c14-10-12(15)13(8-4-5-9-13)11-6-2-1-3-7-11/h1-3,6-7,12,15H,4-5,8-9H2. The normalized spacial score (nSPS) is 20.8. The molecule has 15 heavy (non-hydrogen) atoms. The first-order chi connectivity index (χ1) is 7.29. The molecule has 0 spiro atoms. The van der Waals surface area contributed by atoms with Crippen LogP contribution in [0.25, 0.3) is 0 Å². The van der Waals surface area contributed by atoms with Crippen LogP contribution >= 0.6 is 0 Å². The molecule has 1 unspecified atom stereocenters. The Hall–Kier alpha value is -1.33. The van der Waals surface area contributed by atoms with Crippen molar-refractivity contribution in [2.75, 3.05) is 0 Å². The third-order valence-electron chi connectivity index (χ3n) is 3.49. The van der Waals surface area contributed by atoms with Crippen LogP contribution in [-0.2, 0) is 5.41 Å². The van der Waals surface area contributed by atoms with Crippen molar-refractivity contribution in [1.29, 1.82) is 5.26 Å². The zero-order chi connectivity index (χ0) is 10.7. The number of nitriles is 1. The Kier molecular flexibility index (Phi) is 2.75. The number of nitrogens with zero attached hydrogens (tertiary/aromatic N) is 1. The Bertz CT molecular complexity index is 360. The van der Waals surface area contributed by atoms with Crippen molar-refractivity contribution in [2.45, 2.75) is 37.2 Å².